The molecular formula is C22H26N2O2. The summed E-state index contributed by atoms with van der Waals surface area (Å²) >= 11 is 0. The van der Waals surface area contributed by atoms with Gasteiger partial charge in [-0.15, -0.1) is 0 Å². The van der Waals surface area contributed by atoms with Crippen molar-refractivity contribution in [3.05, 3.63) is 54.1 Å². The monoisotopic (exact) mass is 350 g/mol. The van der Waals surface area contributed by atoms with Crippen molar-refractivity contribution >= 4 is 11.6 Å². The Balaban J connectivity index is 1.40. The highest BCUT2D eigenvalue weighted by molar-refractivity contribution is 5.92. The molecule has 0 saturated carbocycles. The molecule has 2 aromatic rings. The summed E-state index contributed by atoms with van der Waals surface area (Å²) < 4.78 is 6.00. The van der Waals surface area contributed by atoms with Crippen LogP contribution in [0.1, 0.15) is 37.7 Å². The summed E-state index contributed by atoms with van der Waals surface area (Å²) in [4.78, 5) is 12.6. The summed E-state index contributed by atoms with van der Waals surface area (Å²) in [6.45, 7) is 2.03. The molecule has 1 amide bonds. The average Bonchev–Trinajstić information content (AvgIpc) is 2.95. The van der Waals surface area contributed by atoms with E-state index in [0.29, 0.717) is 30.2 Å². The zero-order valence-electron chi connectivity index (χ0n) is 15.2. The fourth-order valence-corrected chi connectivity index (χ4v) is 4.27. The molecule has 0 aliphatic carbocycles. The van der Waals surface area contributed by atoms with E-state index in [9.17, 15) is 4.79 Å². The van der Waals surface area contributed by atoms with Crippen LogP contribution in [0.25, 0.3) is 0 Å². The average molecular weight is 350 g/mol. The highest BCUT2D eigenvalue weighted by atomic mass is 16.5. The maximum Gasteiger partial charge on any atom is 0.224 e. The molecule has 2 aromatic carbocycles. The van der Waals surface area contributed by atoms with Gasteiger partial charge in [0.15, 0.2) is 5.75 Å². The van der Waals surface area contributed by atoms with Crippen LogP contribution in [0.15, 0.2) is 48.5 Å². The summed E-state index contributed by atoms with van der Waals surface area (Å²) in [5.74, 6) is 2.02. The second kappa shape index (κ2) is 7.50. The van der Waals surface area contributed by atoms with Gasteiger partial charge in [-0.25, -0.2) is 0 Å². The Kier molecular flexibility index (Phi) is 4.93. The number of aryl methyl sites for hydroxylation is 1. The van der Waals surface area contributed by atoms with Gasteiger partial charge in [-0.3, -0.25) is 4.79 Å². The number of fused-ring (bicyclic) bond motifs is 2. The fourth-order valence-electron chi connectivity index (χ4n) is 4.27. The summed E-state index contributed by atoms with van der Waals surface area (Å²) in [5, 5.41) is 6.69. The Morgan fingerprint density at radius 1 is 1.12 bits per heavy atom. The minimum Gasteiger partial charge on any atom is -0.455 e. The molecule has 0 aromatic heterocycles. The second-order valence-electron chi connectivity index (χ2n) is 7.64. The minimum atomic E-state index is 0.0802. The van der Waals surface area contributed by atoms with Crippen molar-refractivity contribution in [3.8, 4) is 11.5 Å². The first kappa shape index (κ1) is 17.1. The van der Waals surface area contributed by atoms with Gasteiger partial charge in [0, 0.05) is 18.5 Å². The van der Waals surface area contributed by atoms with Crippen LogP contribution in [0.3, 0.4) is 0 Å². The molecule has 2 atom stereocenters. The van der Waals surface area contributed by atoms with Crippen molar-refractivity contribution in [1.29, 1.82) is 0 Å². The number of para-hydroxylation sites is 2. The topological polar surface area (TPSA) is 50.4 Å². The molecule has 4 heteroatoms. The van der Waals surface area contributed by atoms with Gasteiger partial charge < -0.3 is 15.4 Å². The third-order valence-electron chi connectivity index (χ3n) is 5.42. The summed E-state index contributed by atoms with van der Waals surface area (Å²) in [6, 6.07) is 16.8. The zero-order valence-corrected chi connectivity index (χ0v) is 15.2. The number of piperidine rings is 1. The lowest BCUT2D eigenvalue weighted by Crippen LogP contribution is -2.39. The van der Waals surface area contributed by atoms with E-state index in [1.807, 2.05) is 55.5 Å². The van der Waals surface area contributed by atoms with Gasteiger partial charge in [-0.05, 0) is 68.4 Å². The number of ether oxygens (including phenoxy) is 1. The number of nitrogens with one attached hydrogen (secondary N) is 2. The van der Waals surface area contributed by atoms with E-state index in [2.05, 4.69) is 10.6 Å². The van der Waals surface area contributed by atoms with Crippen LogP contribution in [-0.4, -0.2) is 18.0 Å². The Morgan fingerprint density at radius 2 is 1.88 bits per heavy atom. The Bertz CT molecular complexity index is 777. The van der Waals surface area contributed by atoms with E-state index >= 15 is 0 Å². The van der Waals surface area contributed by atoms with Gasteiger partial charge in [-0.2, -0.15) is 0 Å². The number of anilines is 1. The van der Waals surface area contributed by atoms with Crippen LogP contribution in [-0.2, 0) is 4.79 Å². The Hall–Kier alpha value is -2.33. The van der Waals surface area contributed by atoms with E-state index < -0.39 is 0 Å². The van der Waals surface area contributed by atoms with E-state index in [-0.39, 0.29) is 5.91 Å². The molecule has 0 radical (unpaired) electrons. The predicted molar refractivity (Wildman–Crippen MR) is 104 cm³/mol. The maximum absolute atomic E-state index is 12.6. The normalized spacial score (nSPS) is 24.3. The van der Waals surface area contributed by atoms with E-state index in [1.54, 1.807) is 0 Å². The molecule has 2 heterocycles. The molecule has 2 bridgehead atoms. The third-order valence-corrected chi connectivity index (χ3v) is 5.42. The first-order valence-corrected chi connectivity index (χ1v) is 9.55. The first-order valence-electron chi connectivity index (χ1n) is 9.55. The molecule has 2 fully saturated rings. The molecular weight excluding hydrogens is 324 g/mol. The molecule has 4 nitrogen and oxygen atoms in total. The number of carbonyl (C=O) groups is 1. The van der Waals surface area contributed by atoms with Crippen LogP contribution in [0, 0.1) is 12.8 Å². The van der Waals surface area contributed by atoms with E-state index in [1.165, 1.54) is 12.8 Å². The summed E-state index contributed by atoms with van der Waals surface area (Å²) in [7, 11) is 0. The van der Waals surface area contributed by atoms with Gasteiger partial charge in [0.05, 0.1) is 5.69 Å². The third kappa shape index (κ3) is 4.07. The second-order valence-corrected chi connectivity index (χ2v) is 7.64. The smallest absolute Gasteiger partial charge is 0.224 e. The van der Waals surface area contributed by atoms with E-state index in [4.69, 9.17) is 4.74 Å². The molecule has 0 spiro atoms. The van der Waals surface area contributed by atoms with Gasteiger partial charge in [0.1, 0.15) is 5.75 Å². The molecule has 2 aliphatic heterocycles. The van der Waals surface area contributed by atoms with Crippen molar-refractivity contribution < 1.29 is 9.53 Å². The van der Waals surface area contributed by atoms with Crippen LogP contribution >= 0.6 is 0 Å². The predicted octanol–water partition coefficient (Wildman–Crippen LogP) is 4.65. The molecule has 26 heavy (non-hydrogen) atoms. The SMILES string of the molecule is Cc1cccc(Oc2ccccc2NC(=O)CC2CC3CCC(C2)N3)c1. The lowest BCUT2D eigenvalue weighted by atomic mass is 9.89. The van der Waals surface area contributed by atoms with Crippen molar-refractivity contribution in [1.82, 2.24) is 5.32 Å². The molecule has 2 unspecified atom stereocenters. The minimum absolute atomic E-state index is 0.0802. The first-order chi connectivity index (χ1) is 12.7. The van der Waals surface area contributed by atoms with Crippen molar-refractivity contribution in [2.24, 2.45) is 5.92 Å². The number of carbonyl (C=O) groups excluding carboxylic acids is 1. The quantitative estimate of drug-likeness (QED) is 0.825. The van der Waals surface area contributed by atoms with Crippen molar-refractivity contribution in [3.63, 3.8) is 0 Å². The van der Waals surface area contributed by atoms with Gasteiger partial charge in [-0.1, -0.05) is 24.3 Å². The zero-order chi connectivity index (χ0) is 17.9. The Morgan fingerprint density at radius 3 is 2.65 bits per heavy atom. The van der Waals surface area contributed by atoms with Crippen molar-refractivity contribution in [2.45, 2.75) is 51.1 Å². The molecule has 2 N–H and O–H groups in total. The number of rotatable bonds is 5. The largest absolute Gasteiger partial charge is 0.455 e. The number of hydrogen-bond donors (Lipinski definition) is 2. The maximum atomic E-state index is 12.6. The van der Waals surface area contributed by atoms with Crippen LogP contribution in [0.2, 0.25) is 0 Å². The number of amides is 1. The van der Waals surface area contributed by atoms with Crippen LogP contribution in [0.4, 0.5) is 5.69 Å². The van der Waals surface area contributed by atoms with E-state index in [0.717, 1.165) is 29.8 Å². The Labute approximate surface area is 155 Å². The molecule has 2 saturated heterocycles. The molecule has 136 valence electrons. The fraction of sp³-hybridized carbons (Fsp3) is 0.409. The van der Waals surface area contributed by atoms with Crippen LogP contribution < -0.4 is 15.4 Å². The lowest BCUT2D eigenvalue weighted by molar-refractivity contribution is -0.117. The van der Waals surface area contributed by atoms with Gasteiger partial charge in [0.25, 0.3) is 0 Å². The molecule has 4 rings (SSSR count). The van der Waals surface area contributed by atoms with Gasteiger partial charge in [0.2, 0.25) is 5.91 Å². The summed E-state index contributed by atoms with van der Waals surface area (Å²) in [6.07, 6.45) is 5.34. The molecule has 2 aliphatic rings. The number of benzene rings is 2. The van der Waals surface area contributed by atoms with Gasteiger partial charge >= 0.3 is 0 Å². The highest BCUT2D eigenvalue weighted by Crippen LogP contribution is 2.34. The number of hydrogen-bond acceptors (Lipinski definition) is 3. The standard InChI is InChI=1S/C22H26N2O2/c1-15-5-4-6-19(11-15)26-21-8-3-2-7-20(21)24-22(25)14-16-12-17-9-10-18(13-16)23-17/h2-8,11,16-18,23H,9-10,12-14H2,1H3,(H,24,25). The van der Waals surface area contributed by atoms with Crippen molar-refractivity contribution in [2.75, 3.05) is 5.32 Å². The highest BCUT2D eigenvalue weighted by Gasteiger charge is 2.34. The summed E-state index contributed by atoms with van der Waals surface area (Å²) in [5.41, 5.74) is 1.88. The van der Waals surface area contributed by atoms with Crippen LogP contribution in [0.5, 0.6) is 11.5 Å². The lowest BCUT2D eigenvalue weighted by Gasteiger charge is -2.28.